The molecule has 124 valence electrons. The van der Waals surface area contributed by atoms with Crippen LogP contribution in [-0.2, 0) is 16.0 Å². The maximum Gasteiger partial charge on any atom is 0.230 e. The predicted octanol–water partition coefficient (Wildman–Crippen LogP) is 2.50. The number of carbonyl (C=O) groups is 2. The van der Waals surface area contributed by atoms with Gasteiger partial charge in [-0.3, -0.25) is 9.59 Å². The number of pyridine rings is 1. The molecule has 1 fully saturated rings. The van der Waals surface area contributed by atoms with Crippen molar-refractivity contribution in [3.8, 4) is 0 Å². The van der Waals surface area contributed by atoms with E-state index < -0.39 is 0 Å². The Hall–Kier alpha value is -2.69. The molecule has 1 aliphatic rings. The molecule has 0 radical (unpaired) electrons. The summed E-state index contributed by atoms with van der Waals surface area (Å²) >= 11 is 0. The van der Waals surface area contributed by atoms with Crippen LogP contribution in [0.5, 0.6) is 0 Å². The summed E-state index contributed by atoms with van der Waals surface area (Å²) in [5.74, 6) is 0.387. The third kappa shape index (κ3) is 4.19. The van der Waals surface area contributed by atoms with Gasteiger partial charge in [-0.25, -0.2) is 4.98 Å². The molecule has 0 unspecified atom stereocenters. The highest BCUT2D eigenvalue weighted by Crippen LogP contribution is 2.19. The molecule has 2 aromatic rings. The van der Waals surface area contributed by atoms with E-state index in [0.717, 1.165) is 24.9 Å². The van der Waals surface area contributed by atoms with Crippen LogP contribution in [0.2, 0.25) is 0 Å². The second-order valence-electron chi connectivity index (χ2n) is 6.05. The standard InChI is InChI=1S/C19H21N3O2/c23-18(13-15-7-2-1-3-8-15)22-12-6-9-16(14-22)19(24)21-17-10-4-5-11-20-17/h1-5,7-8,10-11,16H,6,9,12-14H2,(H,20,21,24)/t16-/m1/s1. The molecule has 1 aliphatic heterocycles. The number of nitrogens with one attached hydrogen (secondary N) is 1. The number of carbonyl (C=O) groups excluding carboxylic acids is 2. The van der Waals surface area contributed by atoms with E-state index in [-0.39, 0.29) is 17.7 Å². The van der Waals surface area contributed by atoms with Crippen molar-refractivity contribution in [1.29, 1.82) is 0 Å². The molecule has 1 aromatic carbocycles. The number of benzene rings is 1. The number of aromatic nitrogens is 1. The monoisotopic (exact) mass is 323 g/mol. The van der Waals surface area contributed by atoms with Crippen LogP contribution in [0.4, 0.5) is 5.82 Å². The number of nitrogens with zero attached hydrogens (tertiary/aromatic N) is 2. The average molecular weight is 323 g/mol. The van der Waals surface area contributed by atoms with Gasteiger partial charge in [-0.05, 0) is 30.5 Å². The number of hydrogen-bond donors (Lipinski definition) is 1. The molecule has 0 saturated carbocycles. The predicted molar refractivity (Wildman–Crippen MR) is 92.3 cm³/mol. The summed E-state index contributed by atoms with van der Waals surface area (Å²) in [7, 11) is 0. The highest BCUT2D eigenvalue weighted by Gasteiger charge is 2.28. The normalized spacial score (nSPS) is 17.3. The van der Waals surface area contributed by atoms with Gasteiger partial charge in [0.1, 0.15) is 5.82 Å². The van der Waals surface area contributed by atoms with Gasteiger partial charge in [-0.2, -0.15) is 0 Å². The highest BCUT2D eigenvalue weighted by atomic mass is 16.2. The third-order valence-corrected chi connectivity index (χ3v) is 4.26. The van der Waals surface area contributed by atoms with Crippen molar-refractivity contribution < 1.29 is 9.59 Å². The highest BCUT2D eigenvalue weighted by molar-refractivity contribution is 5.92. The van der Waals surface area contributed by atoms with Crippen LogP contribution >= 0.6 is 0 Å². The van der Waals surface area contributed by atoms with E-state index in [1.807, 2.05) is 36.4 Å². The molecule has 1 N–H and O–H groups in total. The SMILES string of the molecule is O=C(Nc1ccccn1)[C@@H]1CCCN(C(=O)Cc2ccccc2)C1. The van der Waals surface area contributed by atoms with Crippen LogP contribution in [0.25, 0.3) is 0 Å². The van der Waals surface area contributed by atoms with Crippen molar-refractivity contribution in [2.45, 2.75) is 19.3 Å². The quantitative estimate of drug-likeness (QED) is 0.940. The first-order chi connectivity index (χ1) is 11.7. The van der Waals surface area contributed by atoms with E-state index in [4.69, 9.17) is 0 Å². The molecule has 0 bridgehead atoms. The first-order valence-corrected chi connectivity index (χ1v) is 8.26. The van der Waals surface area contributed by atoms with Gasteiger partial charge >= 0.3 is 0 Å². The Morgan fingerprint density at radius 1 is 1.12 bits per heavy atom. The fraction of sp³-hybridized carbons (Fsp3) is 0.316. The Labute approximate surface area is 141 Å². The molecule has 5 heteroatoms. The van der Waals surface area contributed by atoms with E-state index in [9.17, 15) is 9.59 Å². The lowest BCUT2D eigenvalue weighted by Crippen LogP contribution is -2.44. The van der Waals surface area contributed by atoms with Crippen LogP contribution in [-0.4, -0.2) is 34.8 Å². The van der Waals surface area contributed by atoms with Gasteiger partial charge in [-0.15, -0.1) is 0 Å². The smallest absolute Gasteiger partial charge is 0.230 e. The van der Waals surface area contributed by atoms with Crippen molar-refractivity contribution in [2.24, 2.45) is 5.92 Å². The van der Waals surface area contributed by atoms with Crippen molar-refractivity contribution >= 4 is 17.6 Å². The van der Waals surface area contributed by atoms with E-state index >= 15 is 0 Å². The summed E-state index contributed by atoms with van der Waals surface area (Å²) in [5.41, 5.74) is 1.00. The van der Waals surface area contributed by atoms with Gasteiger partial charge in [0.15, 0.2) is 0 Å². The van der Waals surface area contributed by atoms with Gasteiger partial charge in [0.2, 0.25) is 11.8 Å². The maximum atomic E-state index is 12.5. The maximum absolute atomic E-state index is 12.5. The second kappa shape index (κ2) is 7.73. The summed E-state index contributed by atoms with van der Waals surface area (Å²) < 4.78 is 0. The topological polar surface area (TPSA) is 62.3 Å². The molecule has 0 spiro atoms. The van der Waals surface area contributed by atoms with Gasteiger partial charge < -0.3 is 10.2 Å². The molecular weight excluding hydrogens is 302 g/mol. The zero-order chi connectivity index (χ0) is 16.8. The Kier molecular flexibility index (Phi) is 5.21. The lowest BCUT2D eigenvalue weighted by atomic mass is 9.96. The van der Waals surface area contributed by atoms with Crippen LogP contribution in [0, 0.1) is 5.92 Å². The van der Waals surface area contributed by atoms with Crippen molar-refractivity contribution in [1.82, 2.24) is 9.88 Å². The van der Waals surface area contributed by atoms with Gasteiger partial charge in [0.05, 0.1) is 12.3 Å². The fourth-order valence-electron chi connectivity index (χ4n) is 2.96. The lowest BCUT2D eigenvalue weighted by molar-refractivity contribution is -0.133. The zero-order valence-electron chi connectivity index (χ0n) is 13.5. The molecule has 1 aromatic heterocycles. The van der Waals surface area contributed by atoms with E-state index in [1.165, 1.54) is 0 Å². The summed E-state index contributed by atoms with van der Waals surface area (Å²) in [6.45, 7) is 1.20. The average Bonchev–Trinajstić information content (AvgIpc) is 2.63. The summed E-state index contributed by atoms with van der Waals surface area (Å²) in [4.78, 5) is 30.8. The molecule has 2 amide bonds. The number of piperidine rings is 1. The molecule has 3 rings (SSSR count). The van der Waals surface area contributed by atoms with Gasteiger partial charge in [0.25, 0.3) is 0 Å². The first-order valence-electron chi connectivity index (χ1n) is 8.26. The first kappa shape index (κ1) is 16.2. The number of anilines is 1. The van der Waals surface area contributed by atoms with Crippen molar-refractivity contribution in [2.75, 3.05) is 18.4 Å². The number of hydrogen-bond acceptors (Lipinski definition) is 3. The molecule has 1 saturated heterocycles. The minimum atomic E-state index is -0.180. The Morgan fingerprint density at radius 3 is 2.67 bits per heavy atom. The Morgan fingerprint density at radius 2 is 1.92 bits per heavy atom. The largest absolute Gasteiger partial charge is 0.342 e. The van der Waals surface area contributed by atoms with Crippen LogP contribution in [0.1, 0.15) is 18.4 Å². The molecule has 5 nitrogen and oxygen atoms in total. The second-order valence-corrected chi connectivity index (χ2v) is 6.05. The van der Waals surface area contributed by atoms with Gasteiger partial charge in [0, 0.05) is 19.3 Å². The molecule has 0 aliphatic carbocycles. The molecule has 2 heterocycles. The number of rotatable bonds is 4. The van der Waals surface area contributed by atoms with Crippen LogP contribution < -0.4 is 5.32 Å². The van der Waals surface area contributed by atoms with E-state index in [2.05, 4.69) is 10.3 Å². The van der Waals surface area contributed by atoms with E-state index in [1.54, 1.807) is 23.2 Å². The fourth-order valence-corrected chi connectivity index (χ4v) is 2.96. The molecule has 24 heavy (non-hydrogen) atoms. The summed E-state index contributed by atoms with van der Waals surface area (Å²) in [6.07, 6.45) is 3.68. The Balaban J connectivity index is 1.57. The van der Waals surface area contributed by atoms with Crippen molar-refractivity contribution in [3.05, 3.63) is 60.3 Å². The Bertz CT molecular complexity index is 629. The number of amides is 2. The van der Waals surface area contributed by atoms with E-state index in [0.29, 0.717) is 18.8 Å². The van der Waals surface area contributed by atoms with Gasteiger partial charge in [-0.1, -0.05) is 36.4 Å². The van der Waals surface area contributed by atoms with Crippen LogP contribution in [0.15, 0.2) is 54.7 Å². The minimum absolute atomic E-state index is 0.0640. The third-order valence-electron chi connectivity index (χ3n) is 4.26. The lowest BCUT2D eigenvalue weighted by Gasteiger charge is -2.32. The van der Waals surface area contributed by atoms with Crippen molar-refractivity contribution in [3.63, 3.8) is 0 Å². The minimum Gasteiger partial charge on any atom is -0.342 e. The zero-order valence-corrected chi connectivity index (χ0v) is 13.5. The molecule has 1 atom stereocenters. The van der Waals surface area contributed by atoms with Crippen LogP contribution in [0.3, 0.4) is 0 Å². The summed E-state index contributed by atoms with van der Waals surface area (Å²) in [5, 5.41) is 2.83. The summed E-state index contributed by atoms with van der Waals surface area (Å²) in [6, 6.07) is 15.1. The number of likely N-dealkylation sites (tertiary alicyclic amines) is 1. The molecular formula is C19H21N3O2.